The zero-order valence-corrected chi connectivity index (χ0v) is 10.4. The molecule has 0 aliphatic heterocycles. The van der Waals surface area contributed by atoms with Crippen molar-refractivity contribution in [3.8, 4) is 5.75 Å². The smallest absolute Gasteiger partial charge is 0.352 e. The number of carbonyl (C=O) groups is 1. The van der Waals surface area contributed by atoms with Crippen LogP contribution >= 0.6 is 15.9 Å². The number of carboxylic acids is 1. The highest BCUT2D eigenvalue weighted by Gasteiger charge is 2.13. The molecule has 1 heterocycles. The van der Waals surface area contributed by atoms with Gasteiger partial charge in [-0.05, 0) is 28.1 Å². The summed E-state index contributed by atoms with van der Waals surface area (Å²) in [6.45, 7) is 0. The molecule has 0 amide bonds. The van der Waals surface area contributed by atoms with Gasteiger partial charge in [-0.3, -0.25) is 4.79 Å². The van der Waals surface area contributed by atoms with Crippen molar-refractivity contribution in [3.63, 3.8) is 0 Å². The van der Waals surface area contributed by atoms with Gasteiger partial charge < -0.3 is 14.8 Å². The monoisotopic (exact) mass is 297 g/mol. The van der Waals surface area contributed by atoms with E-state index in [0.717, 1.165) is 6.07 Å². The van der Waals surface area contributed by atoms with Crippen molar-refractivity contribution >= 4 is 32.8 Å². The fourth-order valence-corrected chi connectivity index (χ4v) is 2.11. The summed E-state index contributed by atoms with van der Waals surface area (Å²) in [6, 6.07) is 4.37. The van der Waals surface area contributed by atoms with Crippen molar-refractivity contribution in [2.75, 3.05) is 7.11 Å². The molecular formula is C11H8BrNO4. The molecular weight excluding hydrogens is 290 g/mol. The van der Waals surface area contributed by atoms with Crippen LogP contribution < -0.4 is 10.2 Å². The Morgan fingerprint density at radius 1 is 1.47 bits per heavy atom. The lowest BCUT2D eigenvalue weighted by molar-refractivity contribution is 0.0691. The van der Waals surface area contributed by atoms with Gasteiger partial charge in [-0.1, -0.05) is 0 Å². The molecule has 0 aliphatic rings. The SMILES string of the molecule is COc1ccc(Br)c2c(=O)cc(C(=O)O)[nH]c12. The Hall–Kier alpha value is -1.82. The summed E-state index contributed by atoms with van der Waals surface area (Å²) in [6.07, 6.45) is 0. The number of halogens is 1. The van der Waals surface area contributed by atoms with Crippen molar-refractivity contribution in [3.05, 3.63) is 38.6 Å². The standard InChI is InChI=1S/C11H8BrNO4/c1-17-8-3-2-5(12)9-7(14)4-6(11(15)16)13-10(8)9/h2-4H,1H3,(H,13,14)(H,15,16). The summed E-state index contributed by atoms with van der Waals surface area (Å²) >= 11 is 3.25. The highest BCUT2D eigenvalue weighted by molar-refractivity contribution is 9.10. The van der Waals surface area contributed by atoms with Crippen LogP contribution in [0.4, 0.5) is 0 Å². The average molecular weight is 298 g/mol. The number of pyridine rings is 1. The number of rotatable bonds is 2. The summed E-state index contributed by atoms with van der Waals surface area (Å²) in [5, 5.41) is 9.25. The highest BCUT2D eigenvalue weighted by atomic mass is 79.9. The largest absolute Gasteiger partial charge is 0.495 e. The molecule has 0 spiro atoms. The quantitative estimate of drug-likeness (QED) is 0.888. The van der Waals surface area contributed by atoms with Gasteiger partial charge in [0.25, 0.3) is 0 Å². The maximum Gasteiger partial charge on any atom is 0.352 e. The summed E-state index contributed by atoms with van der Waals surface area (Å²) in [7, 11) is 1.45. The number of carboxylic acid groups (broad SMARTS) is 1. The van der Waals surface area contributed by atoms with Gasteiger partial charge in [0.2, 0.25) is 0 Å². The van der Waals surface area contributed by atoms with E-state index in [1.165, 1.54) is 7.11 Å². The second-order valence-corrected chi connectivity index (χ2v) is 4.21. The van der Waals surface area contributed by atoms with Crippen LogP contribution in [0.3, 0.4) is 0 Å². The molecule has 1 aromatic heterocycles. The van der Waals surface area contributed by atoms with Crippen LogP contribution in [0.15, 0.2) is 27.5 Å². The average Bonchev–Trinajstić information content (AvgIpc) is 2.28. The number of aromatic amines is 1. The lowest BCUT2D eigenvalue weighted by Gasteiger charge is -2.07. The molecule has 0 saturated carbocycles. The normalized spacial score (nSPS) is 10.5. The van der Waals surface area contributed by atoms with E-state index in [9.17, 15) is 9.59 Å². The topological polar surface area (TPSA) is 79.4 Å². The van der Waals surface area contributed by atoms with Crippen molar-refractivity contribution in [2.45, 2.75) is 0 Å². The van der Waals surface area contributed by atoms with E-state index >= 15 is 0 Å². The number of aromatic carboxylic acids is 1. The van der Waals surface area contributed by atoms with Crippen molar-refractivity contribution < 1.29 is 14.6 Å². The number of methoxy groups -OCH3 is 1. The Kier molecular flexibility index (Phi) is 2.89. The minimum atomic E-state index is -1.19. The molecule has 0 atom stereocenters. The summed E-state index contributed by atoms with van der Waals surface area (Å²) in [4.78, 5) is 25.4. The first kappa shape index (κ1) is 11.7. The van der Waals surface area contributed by atoms with E-state index in [-0.39, 0.29) is 11.1 Å². The molecule has 88 valence electrons. The molecule has 1 aromatic carbocycles. The van der Waals surface area contributed by atoms with E-state index in [4.69, 9.17) is 9.84 Å². The Morgan fingerprint density at radius 2 is 2.18 bits per heavy atom. The summed E-state index contributed by atoms with van der Waals surface area (Å²) < 4.78 is 5.68. The number of nitrogens with one attached hydrogen (secondary N) is 1. The van der Waals surface area contributed by atoms with E-state index in [0.29, 0.717) is 21.1 Å². The van der Waals surface area contributed by atoms with Gasteiger partial charge in [-0.25, -0.2) is 4.79 Å². The fourth-order valence-electron chi connectivity index (χ4n) is 1.58. The maximum atomic E-state index is 11.8. The number of hydrogen-bond acceptors (Lipinski definition) is 3. The first-order valence-corrected chi connectivity index (χ1v) is 5.46. The number of ether oxygens (including phenoxy) is 1. The number of H-pyrrole nitrogens is 1. The predicted molar refractivity (Wildman–Crippen MR) is 65.8 cm³/mol. The highest BCUT2D eigenvalue weighted by Crippen LogP contribution is 2.27. The first-order chi connectivity index (χ1) is 8.04. The van der Waals surface area contributed by atoms with Gasteiger partial charge >= 0.3 is 5.97 Å². The van der Waals surface area contributed by atoms with Gasteiger partial charge in [0.05, 0.1) is 18.0 Å². The number of benzene rings is 1. The molecule has 0 aliphatic carbocycles. The van der Waals surface area contributed by atoms with Gasteiger partial charge in [0, 0.05) is 10.5 Å². The van der Waals surface area contributed by atoms with E-state index in [1.54, 1.807) is 12.1 Å². The van der Waals surface area contributed by atoms with Gasteiger partial charge in [-0.15, -0.1) is 0 Å². The van der Waals surface area contributed by atoms with Crippen molar-refractivity contribution in [1.82, 2.24) is 4.98 Å². The predicted octanol–water partition coefficient (Wildman–Crippen LogP) is 2.00. The molecule has 2 rings (SSSR count). The third-order valence-corrected chi connectivity index (χ3v) is 3.01. The molecule has 17 heavy (non-hydrogen) atoms. The third-order valence-electron chi connectivity index (χ3n) is 2.35. The number of aromatic nitrogens is 1. The third kappa shape index (κ3) is 1.91. The molecule has 0 fully saturated rings. The van der Waals surface area contributed by atoms with Crippen molar-refractivity contribution in [1.29, 1.82) is 0 Å². The Balaban J connectivity index is 2.95. The van der Waals surface area contributed by atoms with Gasteiger partial charge in [-0.2, -0.15) is 0 Å². The molecule has 5 nitrogen and oxygen atoms in total. The second kappa shape index (κ2) is 4.21. The zero-order valence-electron chi connectivity index (χ0n) is 8.78. The van der Waals surface area contributed by atoms with Crippen LogP contribution in [0.2, 0.25) is 0 Å². The lowest BCUT2D eigenvalue weighted by Crippen LogP contribution is -2.10. The molecule has 0 unspecified atom stereocenters. The molecule has 0 radical (unpaired) electrons. The first-order valence-electron chi connectivity index (χ1n) is 4.67. The lowest BCUT2D eigenvalue weighted by atomic mass is 10.2. The Labute approximate surface area is 104 Å². The van der Waals surface area contributed by atoms with Crippen molar-refractivity contribution in [2.24, 2.45) is 0 Å². The second-order valence-electron chi connectivity index (χ2n) is 3.35. The molecule has 0 bridgehead atoms. The molecule has 0 saturated heterocycles. The number of hydrogen-bond donors (Lipinski definition) is 2. The zero-order chi connectivity index (χ0) is 12.6. The van der Waals surface area contributed by atoms with Crippen LogP contribution in [0, 0.1) is 0 Å². The fraction of sp³-hybridized carbons (Fsp3) is 0.0909. The van der Waals surface area contributed by atoms with Crippen LogP contribution in [0.25, 0.3) is 10.9 Å². The Bertz CT molecular complexity index is 662. The minimum absolute atomic E-state index is 0.168. The van der Waals surface area contributed by atoms with Gasteiger partial charge in [0.15, 0.2) is 5.43 Å². The number of fused-ring (bicyclic) bond motifs is 1. The van der Waals surface area contributed by atoms with Crippen LogP contribution in [-0.2, 0) is 0 Å². The molecule has 2 aromatic rings. The molecule has 2 N–H and O–H groups in total. The minimum Gasteiger partial charge on any atom is -0.495 e. The maximum absolute atomic E-state index is 11.8. The summed E-state index contributed by atoms with van der Waals surface area (Å²) in [5.41, 5.74) is -0.174. The van der Waals surface area contributed by atoms with E-state index < -0.39 is 5.97 Å². The Morgan fingerprint density at radius 3 is 2.76 bits per heavy atom. The van der Waals surface area contributed by atoms with Crippen LogP contribution in [-0.4, -0.2) is 23.2 Å². The molecule has 6 heteroatoms. The van der Waals surface area contributed by atoms with Gasteiger partial charge in [0.1, 0.15) is 11.4 Å². The van der Waals surface area contributed by atoms with E-state index in [1.807, 2.05) is 0 Å². The van der Waals surface area contributed by atoms with Crippen LogP contribution in [0.1, 0.15) is 10.5 Å². The van der Waals surface area contributed by atoms with Crippen LogP contribution in [0.5, 0.6) is 5.75 Å². The summed E-state index contributed by atoms with van der Waals surface area (Å²) in [5.74, 6) is -0.769. The van der Waals surface area contributed by atoms with E-state index in [2.05, 4.69) is 20.9 Å².